The summed E-state index contributed by atoms with van der Waals surface area (Å²) in [6.07, 6.45) is 0. The Morgan fingerprint density at radius 2 is 0.875 bits per heavy atom. The van der Waals surface area contributed by atoms with Crippen molar-refractivity contribution in [2.45, 2.75) is 6.92 Å². The predicted molar refractivity (Wildman–Crippen MR) is 230 cm³/mol. The third-order valence-electron chi connectivity index (χ3n) is 10.4. The van der Waals surface area contributed by atoms with Crippen LogP contribution in [0, 0.1) is 6.92 Å². The number of aromatic nitrogens is 3. The fraction of sp³-hybridized carbons (Fsp3) is 0.0192. The first kappa shape index (κ1) is 33.2. The summed E-state index contributed by atoms with van der Waals surface area (Å²) in [5, 5.41) is 2.11. The van der Waals surface area contributed by atoms with E-state index in [0.717, 1.165) is 72.0 Å². The van der Waals surface area contributed by atoms with Crippen LogP contribution in [0.5, 0.6) is 0 Å². The second-order valence-electron chi connectivity index (χ2n) is 14.1. The van der Waals surface area contributed by atoms with Crippen LogP contribution in [0.1, 0.15) is 5.56 Å². The Kier molecular flexibility index (Phi) is 8.34. The molecule has 0 fully saturated rings. The first-order valence-corrected chi connectivity index (χ1v) is 18.9. The Morgan fingerprint density at radius 3 is 1.59 bits per heavy atom. The van der Waals surface area contributed by atoms with Gasteiger partial charge >= 0.3 is 0 Å². The number of aryl methyl sites for hydroxylation is 1. The summed E-state index contributed by atoms with van der Waals surface area (Å²) in [7, 11) is 0. The number of fused-ring (bicyclic) bond motifs is 3. The molecular formula is C52H35N3O. The van der Waals surface area contributed by atoms with Crippen LogP contribution < -0.4 is 0 Å². The van der Waals surface area contributed by atoms with E-state index in [9.17, 15) is 0 Å². The normalized spacial score (nSPS) is 11.3. The molecule has 0 spiro atoms. The van der Waals surface area contributed by atoms with Gasteiger partial charge in [-0.1, -0.05) is 175 Å². The van der Waals surface area contributed by atoms with Crippen LogP contribution >= 0.6 is 0 Å². The van der Waals surface area contributed by atoms with Gasteiger partial charge in [0.15, 0.2) is 17.5 Å². The van der Waals surface area contributed by atoms with Crippen molar-refractivity contribution in [2.75, 3.05) is 0 Å². The molecular weight excluding hydrogens is 683 g/mol. The average molecular weight is 718 g/mol. The van der Waals surface area contributed by atoms with Crippen molar-refractivity contribution in [3.8, 4) is 78.7 Å². The lowest BCUT2D eigenvalue weighted by atomic mass is 9.93. The van der Waals surface area contributed by atoms with Crippen molar-refractivity contribution in [1.29, 1.82) is 0 Å². The van der Waals surface area contributed by atoms with Crippen molar-refractivity contribution in [1.82, 2.24) is 15.0 Å². The lowest BCUT2D eigenvalue weighted by molar-refractivity contribution is 0.670. The summed E-state index contributed by atoms with van der Waals surface area (Å²) in [4.78, 5) is 15.5. The van der Waals surface area contributed by atoms with Gasteiger partial charge in [0.2, 0.25) is 0 Å². The van der Waals surface area contributed by atoms with E-state index in [-0.39, 0.29) is 0 Å². The van der Waals surface area contributed by atoms with Crippen molar-refractivity contribution in [3.63, 3.8) is 0 Å². The molecule has 56 heavy (non-hydrogen) atoms. The molecule has 0 radical (unpaired) electrons. The first-order valence-electron chi connectivity index (χ1n) is 18.9. The molecule has 0 aliphatic rings. The van der Waals surface area contributed by atoms with E-state index in [1.165, 1.54) is 16.7 Å². The molecule has 0 amide bonds. The first-order chi connectivity index (χ1) is 27.7. The van der Waals surface area contributed by atoms with E-state index in [1.807, 2.05) is 42.5 Å². The highest BCUT2D eigenvalue weighted by molar-refractivity contribution is 6.17. The molecule has 4 heteroatoms. The zero-order valence-electron chi connectivity index (χ0n) is 30.7. The van der Waals surface area contributed by atoms with E-state index < -0.39 is 0 Å². The molecule has 0 bridgehead atoms. The van der Waals surface area contributed by atoms with Gasteiger partial charge in [-0.3, -0.25) is 0 Å². The Bertz CT molecular complexity index is 2990. The van der Waals surface area contributed by atoms with E-state index in [1.54, 1.807) is 0 Å². The minimum absolute atomic E-state index is 0.576. The van der Waals surface area contributed by atoms with Crippen LogP contribution in [0.25, 0.3) is 101 Å². The molecule has 0 aliphatic carbocycles. The molecule has 0 atom stereocenters. The molecule has 0 saturated heterocycles. The van der Waals surface area contributed by atoms with Gasteiger partial charge in [-0.05, 0) is 70.1 Å². The van der Waals surface area contributed by atoms with Crippen LogP contribution in [-0.4, -0.2) is 15.0 Å². The van der Waals surface area contributed by atoms with E-state index in [2.05, 4.69) is 159 Å². The minimum Gasteiger partial charge on any atom is -0.455 e. The number of benzene rings is 8. The van der Waals surface area contributed by atoms with E-state index in [4.69, 9.17) is 19.4 Å². The number of nitrogens with zero attached hydrogens (tertiary/aromatic N) is 3. The maximum atomic E-state index is 6.89. The molecule has 10 aromatic rings. The molecule has 0 N–H and O–H groups in total. The highest BCUT2D eigenvalue weighted by atomic mass is 16.3. The lowest BCUT2D eigenvalue weighted by Gasteiger charge is -2.13. The molecule has 0 aliphatic heterocycles. The van der Waals surface area contributed by atoms with Crippen molar-refractivity contribution in [2.24, 2.45) is 0 Å². The molecule has 2 aromatic heterocycles. The zero-order valence-corrected chi connectivity index (χ0v) is 30.7. The number of hydrogen-bond acceptors (Lipinski definition) is 4. The van der Waals surface area contributed by atoms with E-state index in [0.29, 0.717) is 17.5 Å². The van der Waals surface area contributed by atoms with Crippen LogP contribution in [0.15, 0.2) is 199 Å². The molecule has 0 unspecified atom stereocenters. The second kappa shape index (κ2) is 14.1. The average Bonchev–Trinajstić information content (AvgIpc) is 3.66. The predicted octanol–water partition coefficient (Wildman–Crippen LogP) is 13.7. The summed E-state index contributed by atoms with van der Waals surface area (Å²) in [5.74, 6) is 1.79. The number of hydrogen-bond donors (Lipinski definition) is 0. The van der Waals surface area contributed by atoms with Gasteiger partial charge in [-0.15, -0.1) is 0 Å². The summed E-state index contributed by atoms with van der Waals surface area (Å²) in [5.41, 5.74) is 14.4. The van der Waals surface area contributed by atoms with Crippen LogP contribution in [-0.2, 0) is 0 Å². The lowest BCUT2D eigenvalue weighted by Crippen LogP contribution is -2.01. The van der Waals surface area contributed by atoms with Gasteiger partial charge in [0.25, 0.3) is 0 Å². The number of furan rings is 1. The summed E-state index contributed by atoms with van der Waals surface area (Å²) in [6.45, 7) is 2.10. The van der Waals surface area contributed by atoms with Crippen molar-refractivity contribution in [3.05, 3.63) is 200 Å². The van der Waals surface area contributed by atoms with Crippen LogP contribution in [0.4, 0.5) is 0 Å². The monoisotopic (exact) mass is 717 g/mol. The molecule has 264 valence electrons. The summed E-state index contributed by atoms with van der Waals surface area (Å²) < 4.78 is 6.89. The van der Waals surface area contributed by atoms with Gasteiger partial charge in [-0.25, -0.2) is 15.0 Å². The van der Waals surface area contributed by atoms with Crippen molar-refractivity contribution < 1.29 is 4.42 Å². The minimum atomic E-state index is 0.576. The topological polar surface area (TPSA) is 51.8 Å². The fourth-order valence-electron chi connectivity index (χ4n) is 7.61. The van der Waals surface area contributed by atoms with Crippen LogP contribution in [0.2, 0.25) is 0 Å². The van der Waals surface area contributed by atoms with Gasteiger partial charge < -0.3 is 4.42 Å². The SMILES string of the molecule is Cc1ccc(-c2cccc(-c3nc(-c4ccccc4)nc(-c4ccc5c(oc6cccc(-c7ccc(-c8ccccc8)cc7)c65)c4-c4ccccc4)n3)c2)cc1. The van der Waals surface area contributed by atoms with Crippen LogP contribution in [0.3, 0.4) is 0 Å². The third-order valence-corrected chi connectivity index (χ3v) is 10.4. The second-order valence-corrected chi connectivity index (χ2v) is 14.1. The Hall–Kier alpha value is -7.43. The number of rotatable bonds is 7. The standard InChI is InChI=1S/C52H35N3O/c1-34-23-25-37(26-24-34)41-19-11-20-42(33-41)51-53-50(40-17-9-4-10-18-40)54-52(55-51)45-32-31-44-48-43(38-29-27-36(28-30-38)35-13-5-2-6-14-35)21-12-22-46(48)56-49(44)47(45)39-15-7-3-8-16-39/h2-33H,1H3. The maximum absolute atomic E-state index is 6.89. The zero-order chi connectivity index (χ0) is 37.4. The third kappa shape index (κ3) is 6.13. The summed E-state index contributed by atoms with van der Waals surface area (Å²) in [6, 6.07) is 67.4. The highest BCUT2D eigenvalue weighted by Crippen LogP contribution is 2.44. The van der Waals surface area contributed by atoms with Gasteiger partial charge in [0, 0.05) is 33.0 Å². The molecule has 0 saturated carbocycles. The fourth-order valence-corrected chi connectivity index (χ4v) is 7.61. The Morgan fingerprint density at radius 1 is 0.357 bits per heavy atom. The Labute approximate surface area is 325 Å². The van der Waals surface area contributed by atoms with Gasteiger partial charge in [-0.2, -0.15) is 0 Å². The smallest absolute Gasteiger partial charge is 0.164 e. The largest absolute Gasteiger partial charge is 0.455 e. The molecule has 10 rings (SSSR count). The van der Waals surface area contributed by atoms with Gasteiger partial charge in [0.05, 0.1) is 0 Å². The quantitative estimate of drug-likeness (QED) is 0.165. The summed E-state index contributed by atoms with van der Waals surface area (Å²) >= 11 is 0. The van der Waals surface area contributed by atoms with Crippen molar-refractivity contribution >= 4 is 21.9 Å². The molecule has 8 aromatic carbocycles. The van der Waals surface area contributed by atoms with Gasteiger partial charge in [0.1, 0.15) is 11.2 Å². The van der Waals surface area contributed by atoms with E-state index >= 15 is 0 Å². The maximum Gasteiger partial charge on any atom is 0.164 e. The molecule has 2 heterocycles. The Balaban J connectivity index is 1.17. The highest BCUT2D eigenvalue weighted by Gasteiger charge is 2.22. The molecule has 4 nitrogen and oxygen atoms in total.